The van der Waals surface area contributed by atoms with Gasteiger partial charge in [0.15, 0.2) is 0 Å². The molecule has 0 amide bonds. The summed E-state index contributed by atoms with van der Waals surface area (Å²) in [5, 5.41) is 2.72. The molecule has 0 atom stereocenters. The van der Waals surface area contributed by atoms with Gasteiger partial charge in [0.05, 0.1) is 0 Å². The number of aryl methyl sites for hydroxylation is 2. The van der Waals surface area contributed by atoms with Gasteiger partial charge in [-0.05, 0) is 37.6 Å². The van der Waals surface area contributed by atoms with Gasteiger partial charge < -0.3 is 9.47 Å². The van der Waals surface area contributed by atoms with Gasteiger partial charge in [-0.2, -0.15) is 0 Å². The third-order valence-corrected chi connectivity index (χ3v) is 4.76. The Bertz CT molecular complexity index is 959. The first-order chi connectivity index (χ1) is 12.0. The number of carbonyl (C=O) groups is 1. The highest BCUT2D eigenvalue weighted by molar-refractivity contribution is 7.17. The Kier molecular flexibility index (Phi) is 4.86. The van der Waals surface area contributed by atoms with Crippen LogP contribution < -0.4 is 9.47 Å². The zero-order valence-corrected chi connectivity index (χ0v) is 15.3. The molecule has 0 aliphatic carbocycles. The number of carbonyl (C=O) groups excluding carboxylic acids is 1. The smallest absolute Gasteiger partial charge is 0.308 e. The van der Waals surface area contributed by atoms with Crippen LogP contribution in [0.2, 0.25) is 0 Å². The SMILES string of the molecule is C=Cc1cc(OCc2ccc(C)nc2C)cc2scc(OC(C)=O)c12. The van der Waals surface area contributed by atoms with Gasteiger partial charge in [-0.25, -0.2) is 0 Å². The van der Waals surface area contributed by atoms with Gasteiger partial charge >= 0.3 is 5.97 Å². The highest BCUT2D eigenvalue weighted by atomic mass is 32.1. The number of hydrogen-bond donors (Lipinski definition) is 0. The van der Waals surface area contributed by atoms with E-state index in [9.17, 15) is 4.79 Å². The molecule has 25 heavy (non-hydrogen) atoms. The molecule has 0 fully saturated rings. The summed E-state index contributed by atoms with van der Waals surface area (Å²) in [6.07, 6.45) is 1.74. The van der Waals surface area contributed by atoms with Crippen LogP contribution in [0.5, 0.6) is 11.5 Å². The Morgan fingerprint density at radius 1 is 1.32 bits per heavy atom. The molecule has 0 aliphatic rings. The third-order valence-electron chi connectivity index (χ3n) is 3.85. The van der Waals surface area contributed by atoms with Crippen LogP contribution in [0.1, 0.15) is 29.4 Å². The number of thiophene rings is 1. The second-order valence-corrected chi connectivity index (χ2v) is 6.68. The monoisotopic (exact) mass is 353 g/mol. The van der Waals surface area contributed by atoms with E-state index in [0.717, 1.165) is 38.4 Å². The van der Waals surface area contributed by atoms with E-state index in [1.54, 1.807) is 6.08 Å². The molecule has 2 aromatic heterocycles. The van der Waals surface area contributed by atoms with E-state index in [1.165, 1.54) is 18.3 Å². The minimum absolute atomic E-state index is 0.336. The Balaban J connectivity index is 1.90. The average Bonchev–Trinajstić information content (AvgIpc) is 2.95. The molecular formula is C20H19NO3S. The molecule has 0 unspecified atom stereocenters. The van der Waals surface area contributed by atoms with E-state index in [-0.39, 0.29) is 5.97 Å². The highest BCUT2D eigenvalue weighted by Gasteiger charge is 2.13. The van der Waals surface area contributed by atoms with Crippen LogP contribution in [0, 0.1) is 13.8 Å². The van der Waals surface area contributed by atoms with Crippen molar-refractivity contribution in [3.8, 4) is 11.5 Å². The van der Waals surface area contributed by atoms with Crippen LogP contribution in [-0.4, -0.2) is 11.0 Å². The van der Waals surface area contributed by atoms with Crippen molar-refractivity contribution >= 4 is 33.5 Å². The molecule has 0 N–H and O–H groups in total. The third kappa shape index (κ3) is 3.72. The Morgan fingerprint density at radius 2 is 2.12 bits per heavy atom. The highest BCUT2D eigenvalue weighted by Crippen LogP contribution is 2.38. The van der Waals surface area contributed by atoms with E-state index < -0.39 is 0 Å². The van der Waals surface area contributed by atoms with Crippen LogP contribution in [-0.2, 0) is 11.4 Å². The molecular weight excluding hydrogens is 334 g/mol. The lowest BCUT2D eigenvalue weighted by molar-refractivity contribution is -0.131. The van der Waals surface area contributed by atoms with Crippen LogP contribution in [0.15, 0.2) is 36.2 Å². The van der Waals surface area contributed by atoms with Gasteiger partial charge in [0.2, 0.25) is 0 Å². The number of pyridine rings is 1. The molecule has 0 radical (unpaired) electrons. The van der Waals surface area contributed by atoms with Crippen molar-refractivity contribution in [3.63, 3.8) is 0 Å². The normalized spacial score (nSPS) is 10.7. The summed E-state index contributed by atoms with van der Waals surface area (Å²) in [5.74, 6) is 0.975. The summed E-state index contributed by atoms with van der Waals surface area (Å²) in [5.41, 5.74) is 3.90. The first kappa shape index (κ1) is 17.2. The summed E-state index contributed by atoms with van der Waals surface area (Å²) in [7, 11) is 0. The number of esters is 1. The fraction of sp³-hybridized carbons (Fsp3) is 0.200. The molecule has 128 valence electrons. The van der Waals surface area contributed by atoms with Gasteiger partial charge in [-0.3, -0.25) is 9.78 Å². The summed E-state index contributed by atoms with van der Waals surface area (Å²) in [4.78, 5) is 15.7. The molecule has 5 heteroatoms. The van der Waals surface area contributed by atoms with Crippen molar-refractivity contribution in [2.45, 2.75) is 27.4 Å². The van der Waals surface area contributed by atoms with Gasteiger partial charge in [0, 0.05) is 39.3 Å². The molecule has 2 heterocycles. The van der Waals surface area contributed by atoms with Crippen molar-refractivity contribution in [1.29, 1.82) is 0 Å². The first-order valence-corrected chi connectivity index (χ1v) is 8.78. The van der Waals surface area contributed by atoms with Crippen molar-refractivity contribution in [1.82, 2.24) is 4.98 Å². The Hall–Kier alpha value is -2.66. The number of rotatable bonds is 5. The van der Waals surface area contributed by atoms with Gasteiger partial charge in [0.25, 0.3) is 0 Å². The zero-order chi connectivity index (χ0) is 18.0. The molecule has 0 saturated heterocycles. The number of aromatic nitrogens is 1. The summed E-state index contributed by atoms with van der Waals surface area (Å²) >= 11 is 1.51. The van der Waals surface area contributed by atoms with Crippen LogP contribution in [0.25, 0.3) is 16.2 Å². The Morgan fingerprint density at radius 3 is 2.80 bits per heavy atom. The molecule has 0 aliphatic heterocycles. The van der Waals surface area contributed by atoms with E-state index in [2.05, 4.69) is 11.6 Å². The minimum Gasteiger partial charge on any atom is -0.489 e. The van der Waals surface area contributed by atoms with E-state index >= 15 is 0 Å². The van der Waals surface area contributed by atoms with Crippen molar-refractivity contribution < 1.29 is 14.3 Å². The maximum absolute atomic E-state index is 11.3. The summed E-state index contributed by atoms with van der Waals surface area (Å²) < 4.78 is 12.2. The number of fused-ring (bicyclic) bond motifs is 1. The molecule has 0 saturated carbocycles. The predicted octanol–water partition coefficient (Wildman–Crippen LogP) is 5.06. The molecule has 0 bridgehead atoms. The van der Waals surface area contributed by atoms with Crippen molar-refractivity contribution in [3.05, 3.63) is 58.7 Å². The second kappa shape index (κ2) is 7.07. The minimum atomic E-state index is -0.336. The molecule has 0 spiro atoms. The largest absolute Gasteiger partial charge is 0.489 e. The predicted molar refractivity (Wildman–Crippen MR) is 101 cm³/mol. The number of hydrogen-bond acceptors (Lipinski definition) is 5. The lowest BCUT2D eigenvalue weighted by Gasteiger charge is -2.11. The molecule has 3 rings (SSSR count). The molecule has 1 aromatic carbocycles. The summed E-state index contributed by atoms with van der Waals surface area (Å²) in [6.45, 7) is 9.66. The van der Waals surface area contributed by atoms with Crippen LogP contribution >= 0.6 is 11.3 Å². The summed E-state index contributed by atoms with van der Waals surface area (Å²) in [6, 6.07) is 7.88. The standard InChI is InChI=1S/C20H19NO3S/c1-5-15-8-17(23-10-16-7-6-12(2)21-13(16)3)9-19-20(15)18(11-25-19)24-14(4)22/h5-9,11H,1,10H2,2-4H3. The molecule has 4 nitrogen and oxygen atoms in total. The maximum Gasteiger partial charge on any atom is 0.308 e. The van der Waals surface area contributed by atoms with Crippen LogP contribution in [0.4, 0.5) is 0 Å². The van der Waals surface area contributed by atoms with Crippen molar-refractivity contribution in [2.75, 3.05) is 0 Å². The van der Waals surface area contributed by atoms with E-state index in [4.69, 9.17) is 9.47 Å². The number of nitrogens with zero attached hydrogens (tertiary/aromatic N) is 1. The first-order valence-electron chi connectivity index (χ1n) is 7.90. The van der Waals surface area contributed by atoms with Gasteiger partial charge in [-0.15, -0.1) is 11.3 Å². The topological polar surface area (TPSA) is 48.4 Å². The zero-order valence-electron chi connectivity index (χ0n) is 14.5. The van der Waals surface area contributed by atoms with Gasteiger partial charge in [0.1, 0.15) is 18.1 Å². The molecule has 3 aromatic rings. The Labute approximate surface area is 150 Å². The average molecular weight is 353 g/mol. The lowest BCUT2D eigenvalue weighted by Crippen LogP contribution is -2.01. The van der Waals surface area contributed by atoms with Crippen LogP contribution in [0.3, 0.4) is 0 Å². The lowest BCUT2D eigenvalue weighted by atomic mass is 10.1. The second-order valence-electron chi connectivity index (χ2n) is 5.77. The number of benzene rings is 1. The fourth-order valence-corrected chi connectivity index (χ4v) is 3.57. The van der Waals surface area contributed by atoms with Gasteiger partial charge in [-0.1, -0.05) is 18.7 Å². The fourth-order valence-electron chi connectivity index (χ4n) is 2.65. The van der Waals surface area contributed by atoms with E-state index in [0.29, 0.717) is 12.4 Å². The maximum atomic E-state index is 11.3. The quantitative estimate of drug-likeness (QED) is 0.602. The van der Waals surface area contributed by atoms with Crippen molar-refractivity contribution in [2.24, 2.45) is 0 Å². The van der Waals surface area contributed by atoms with E-state index in [1.807, 2.05) is 43.5 Å². The number of ether oxygens (including phenoxy) is 2.